The third kappa shape index (κ3) is 1.80. The second-order valence-electron chi connectivity index (χ2n) is 4.08. The average molecular weight is 219 g/mol. The summed E-state index contributed by atoms with van der Waals surface area (Å²) in [5.41, 5.74) is 0. The van der Waals surface area contributed by atoms with E-state index in [4.69, 9.17) is 0 Å². The molecule has 0 bridgehead atoms. The zero-order valence-corrected chi connectivity index (χ0v) is 8.87. The summed E-state index contributed by atoms with van der Waals surface area (Å²) in [6, 6.07) is 0.476. The van der Waals surface area contributed by atoms with Crippen LogP contribution in [0.2, 0.25) is 0 Å². The van der Waals surface area contributed by atoms with Gasteiger partial charge in [0.15, 0.2) is 0 Å². The molecule has 1 saturated carbocycles. The van der Waals surface area contributed by atoms with Crippen LogP contribution < -0.4 is 5.32 Å². The first-order chi connectivity index (χ1) is 7.92. The van der Waals surface area contributed by atoms with E-state index >= 15 is 0 Å². The van der Waals surface area contributed by atoms with Crippen molar-refractivity contribution in [3.05, 3.63) is 6.33 Å². The summed E-state index contributed by atoms with van der Waals surface area (Å²) in [5, 5.41) is 22.9. The van der Waals surface area contributed by atoms with Gasteiger partial charge in [0.2, 0.25) is 0 Å². The van der Waals surface area contributed by atoms with Crippen LogP contribution in [0.1, 0.15) is 32.1 Å². The molecule has 1 N–H and O–H groups in total. The van der Waals surface area contributed by atoms with Crippen molar-refractivity contribution in [1.29, 1.82) is 0 Å². The first kappa shape index (κ1) is 9.44. The maximum atomic E-state index is 4.24. The molecule has 7 heteroatoms. The maximum absolute atomic E-state index is 4.24. The molecular formula is C9H13N7. The number of hydrogen-bond donors (Lipinski definition) is 1. The molecule has 84 valence electrons. The number of rotatable bonds is 2. The Morgan fingerprint density at radius 2 is 2.00 bits per heavy atom. The second-order valence-corrected chi connectivity index (χ2v) is 4.08. The van der Waals surface area contributed by atoms with E-state index in [-0.39, 0.29) is 0 Å². The molecule has 0 saturated heterocycles. The van der Waals surface area contributed by atoms with E-state index in [2.05, 4.69) is 30.8 Å². The summed E-state index contributed by atoms with van der Waals surface area (Å²) < 4.78 is 1.53. The van der Waals surface area contributed by atoms with Crippen LogP contribution in [0.3, 0.4) is 0 Å². The summed E-state index contributed by atoms with van der Waals surface area (Å²) in [5.74, 6) is 0.980. The lowest BCUT2D eigenvalue weighted by Crippen LogP contribution is -2.24. The Kier molecular flexibility index (Phi) is 2.35. The molecule has 2 aromatic rings. The lowest BCUT2D eigenvalue weighted by Gasteiger charge is -2.22. The van der Waals surface area contributed by atoms with E-state index in [0.29, 0.717) is 17.8 Å². The highest BCUT2D eigenvalue weighted by molar-refractivity contribution is 5.27. The minimum absolute atomic E-state index is 0.425. The molecule has 0 aliphatic heterocycles. The average Bonchev–Trinajstić information content (AvgIpc) is 2.77. The molecule has 1 aliphatic rings. The summed E-state index contributed by atoms with van der Waals surface area (Å²) in [6.45, 7) is 0. The van der Waals surface area contributed by atoms with E-state index in [1.807, 2.05) is 0 Å². The number of anilines is 1. The van der Waals surface area contributed by atoms with Gasteiger partial charge in [-0.3, -0.25) is 0 Å². The van der Waals surface area contributed by atoms with Crippen LogP contribution in [0.25, 0.3) is 5.78 Å². The van der Waals surface area contributed by atoms with Crippen molar-refractivity contribution in [3.8, 4) is 0 Å². The largest absolute Gasteiger partial charge is 0.349 e. The van der Waals surface area contributed by atoms with Crippen LogP contribution in [0.4, 0.5) is 5.95 Å². The molecule has 1 aliphatic carbocycles. The molecule has 0 atom stereocenters. The van der Waals surface area contributed by atoms with Gasteiger partial charge in [-0.2, -0.15) is 4.52 Å². The smallest absolute Gasteiger partial charge is 0.290 e. The molecule has 0 radical (unpaired) electrons. The van der Waals surface area contributed by atoms with Crippen molar-refractivity contribution in [3.63, 3.8) is 0 Å². The van der Waals surface area contributed by atoms with Crippen molar-refractivity contribution >= 4 is 11.7 Å². The van der Waals surface area contributed by atoms with E-state index in [1.54, 1.807) is 0 Å². The van der Waals surface area contributed by atoms with Crippen molar-refractivity contribution in [2.75, 3.05) is 5.32 Å². The van der Waals surface area contributed by atoms with Crippen LogP contribution in [0, 0.1) is 0 Å². The Morgan fingerprint density at radius 1 is 1.12 bits per heavy atom. The van der Waals surface area contributed by atoms with Crippen LogP contribution in [-0.4, -0.2) is 36.1 Å². The highest BCUT2D eigenvalue weighted by atomic mass is 15.5. The Hall–Kier alpha value is -1.79. The molecule has 1 fully saturated rings. The van der Waals surface area contributed by atoms with Crippen LogP contribution in [0.15, 0.2) is 6.33 Å². The van der Waals surface area contributed by atoms with Gasteiger partial charge in [-0.1, -0.05) is 19.3 Å². The fraction of sp³-hybridized carbons (Fsp3) is 0.667. The fourth-order valence-corrected chi connectivity index (χ4v) is 2.06. The monoisotopic (exact) mass is 219 g/mol. The zero-order chi connectivity index (χ0) is 10.8. The third-order valence-corrected chi connectivity index (χ3v) is 2.89. The summed E-state index contributed by atoms with van der Waals surface area (Å²) in [4.78, 5) is 0. The first-order valence-corrected chi connectivity index (χ1v) is 5.59. The Bertz CT molecular complexity index is 473. The van der Waals surface area contributed by atoms with Crippen LogP contribution >= 0.6 is 0 Å². The summed E-state index contributed by atoms with van der Waals surface area (Å²) >= 11 is 0. The van der Waals surface area contributed by atoms with Gasteiger partial charge in [-0.25, -0.2) is 0 Å². The molecule has 16 heavy (non-hydrogen) atoms. The Balaban J connectivity index is 1.77. The Labute approximate surface area is 92.3 Å². The summed E-state index contributed by atoms with van der Waals surface area (Å²) in [7, 11) is 0. The van der Waals surface area contributed by atoms with Gasteiger partial charge in [0.1, 0.15) is 6.33 Å². The normalized spacial score (nSPS) is 17.8. The third-order valence-electron chi connectivity index (χ3n) is 2.89. The lowest BCUT2D eigenvalue weighted by atomic mass is 9.96. The Morgan fingerprint density at radius 3 is 2.88 bits per heavy atom. The van der Waals surface area contributed by atoms with Gasteiger partial charge < -0.3 is 5.32 Å². The van der Waals surface area contributed by atoms with E-state index in [1.165, 1.54) is 42.9 Å². The van der Waals surface area contributed by atoms with Crippen molar-refractivity contribution in [2.24, 2.45) is 0 Å². The molecule has 0 unspecified atom stereocenters. The maximum Gasteiger partial charge on any atom is 0.290 e. The van der Waals surface area contributed by atoms with Crippen molar-refractivity contribution in [1.82, 2.24) is 30.0 Å². The fourth-order valence-electron chi connectivity index (χ4n) is 2.06. The van der Waals surface area contributed by atoms with Gasteiger partial charge >= 0.3 is 0 Å². The minimum Gasteiger partial charge on any atom is -0.349 e. The van der Waals surface area contributed by atoms with Gasteiger partial charge in [0.05, 0.1) is 0 Å². The highest BCUT2D eigenvalue weighted by Crippen LogP contribution is 2.19. The van der Waals surface area contributed by atoms with Gasteiger partial charge in [-0.05, 0) is 12.8 Å². The van der Waals surface area contributed by atoms with Gasteiger partial charge in [0, 0.05) is 6.04 Å². The molecule has 7 nitrogen and oxygen atoms in total. The van der Waals surface area contributed by atoms with E-state index in [0.717, 1.165) is 0 Å². The van der Waals surface area contributed by atoms with E-state index < -0.39 is 0 Å². The van der Waals surface area contributed by atoms with Crippen molar-refractivity contribution < 1.29 is 0 Å². The quantitative estimate of drug-likeness (QED) is 0.799. The number of fused-ring (bicyclic) bond motifs is 1. The van der Waals surface area contributed by atoms with Gasteiger partial charge in [0.25, 0.3) is 11.7 Å². The number of nitrogens with zero attached hydrogens (tertiary/aromatic N) is 6. The van der Waals surface area contributed by atoms with Crippen LogP contribution in [0.5, 0.6) is 0 Å². The molecule has 2 aromatic heterocycles. The predicted octanol–water partition coefficient (Wildman–Crippen LogP) is 0.659. The van der Waals surface area contributed by atoms with E-state index in [9.17, 15) is 0 Å². The highest BCUT2D eigenvalue weighted by Gasteiger charge is 2.14. The number of nitrogens with one attached hydrogen (secondary N) is 1. The molecule has 2 heterocycles. The van der Waals surface area contributed by atoms with Crippen LogP contribution in [-0.2, 0) is 0 Å². The van der Waals surface area contributed by atoms with Gasteiger partial charge in [-0.15, -0.1) is 25.5 Å². The second kappa shape index (κ2) is 3.99. The van der Waals surface area contributed by atoms with Crippen molar-refractivity contribution in [2.45, 2.75) is 38.1 Å². The zero-order valence-electron chi connectivity index (χ0n) is 8.87. The molecular weight excluding hydrogens is 206 g/mol. The number of hydrogen-bond acceptors (Lipinski definition) is 6. The molecule has 0 spiro atoms. The first-order valence-electron chi connectivity index (χ1n) is 5.59. The number of aromatic nitrogens is 6. The standard InChI is InChI=1S/C9H13N7/c1-2-4-7(5-3-1)11-8-12-14-9-13-10-6-16(9)15-8/h6-7H,1-5H2,(H,11,15). The summed E-state index contributed by atoms with van der Waals surface area (Å²) in [6.07, 6.45) is 7.78. The topological polar surface area (TPSA) is 80.9 Å². The molecule has 0 amide bonds. The predicted molar refractivity (Wildman–Crippen MR) is 56.9 cm³/mol. The molecule has 0 aromatic carbocycles. The molecule has 3 rings (SSSR count). The lowest BCUT2D eigenvalue weighted by molar-refractivity contribution is 0.459. The SMILES string of the molecule is c1nnc2nnc(NC3CCCCC3)nn12. The minimum atomic E-state index is 0.425.